The summed E-state index contributed by atoms with van der Waals surface area (Å²) in [6.45, 7) is 4.06. The van der Waals surface area contributed by atoms with Crippen LogP contribution >= 0.6 is 12.4 Å². The van der Waals surface area contributed by atoms with E-state index in [1.54, 1.807) is 6.92 Å². The molecule has 1 N–H and O–H groups in total. The first kappa shape index (κ1) is 11.5. The van der Waals surface area contributed by atoms with Crippen molar-refractivity contribution in [2.75, 3.05) is 6.54 Å². The van der Waals surface area contributed by atoms with Crippen molar-refractivity contribution in [3.63, 3.8) is 0 Å². The molecule has 0 radical (unpaired) electrons. The van der Waals surface area contributed by atoms with E-state index in [1.165, 1.54) is 0 Å². The van der Waals surface area contributed by atoms with Gasteiger partial charge < -0.3 is 15.2 Å². The number of rotatable bonds is 3. The molecule has 0 aromatic heterocycles. The highest BCUT2D eigenvalue weighted by Crippen LogP contribution is 1.73. The number of carboxylic acids is 1. The lowest BCUT2D eigenvalue weighted by molar-refractivity contribution is -0.307. The van der Waals surface area contributed by atoms with Crippen LogP contribution in [0.15, 0.2) is 0 Å². The fourth-order valence-electron chi connectivity index (χ4n) is 0.390. The number of aliphatic carboxylic acids is 1. The molecule has 56 valence electrons. The number of carboxylic acid groups (broad SMARTS) is 1. The number of hydrogen-bond donors (Lipinski definition) is 1. The smallest absolute Gasteiger partial charge is 0.0581 e. The first-order valence-corrected chi connectivity index (χ1v) is 2.62. The van der Waals surface area contributed by atoms with Gasteiger partial charge in [0.15, 0.2) is 0 Å². The van der Waals surface area contributed by atoms with Gasteiger partial charge in [-0.15, -0.1) is 12.4 Å². The number of halogens is 1. The summed E-state index contributed by atoms with van der Waals surface area (Å²) in [5, 5.41) is 12.6. The monoisotopic (exact) mass is 152 g/mol. The number of hydrogen-bond acceptors (Lipinski definition) is 3. The predicted octanol–water partition coefficient (Wildman–Crippen LogP) is -0.844. The Kier molecular flexibility index (Phi) is 7.48. The zero-order valence-corrected chi connectivity index (χ0v) is 6.33. The molecule has 0 aromatic rings. The Morgan fingerprint density at radius 3 is 2.33 bits per heavy atom. The highest BCUT2D eigenvalue weighted by Gasteiger charge is 1.96. The van der Waals surface area contributed by atoms with Crippen LogP contribution in [0.2, 0.25) is 0 Å². The standard InChI is InChI=1S/C5H11NO2.ClH/c1-3-6-4(2)5(7)8;/h4,6H,3H2,1-2H3,(H,7,8);1H/p-1. The maximum absolute atomic E-state index is 9.92. The van der Waals surface area contributed by atoms with E-state index in [-0.39, 0.29) is 12.4 Å². The second-order valence-electron chi connectivity index (χ2n) is 1.60. The lowest BCUT2D eigenvalue weighted by Gasteiger charge is -2.11. The summed E-state index contributed by atoms with van der Waals surface area (Å²) in [5.41, 5.74) is 0. The number of nitrogens with one attached hydrogen (secondary N) is 1. The maximum Gasteiger partial charge on any atom is 0.0581 e. The molecule has 0 amide bonds. The second-order valence-corrected chi connectivity index (χ2v) is 1.60. The van der Waals surface area contributed by atoms with Crippen molar-refractivity contribution in [1.82, 2.24) is 5.32 Å². The zero-order valence-electron chi connectivity index (χ0n) is 5.51. The van der Waals surface area contributed by atoms with Crippen molar-refractivity contribution in [3.05, 3.63) is 0 Å². The van der Waals surface area contributed by atoms with Gasteiger partial charge in [0.25, 0.3) is 0 Å². The molecule has 0 aliphatic carbocycles. The number of carbonyl (C=O) groups excluding carboxylic acids is 1. The molecule has 9 heavy (non-hydrogen) atoms. The van der Waals surface area contributed by atoms with Crippen molar-refractivity contribution in [1.29, 1.82) is 0 Å². The summed E-state index contributed by atoms with van der Waals surface area (Å²) >= 11 is 0. The first-order valence-electron chi connectivity index (χ1n) is 2.62. The number of likely N-dealkylation sites (N-methyl/N-ethyl adjacent to an activating group) is 1. The van der Waals surface area contributed by atoms with Crippen LogP contribution in [0.4, 0.5) is 0 Å². The van der Waals surface area contributed by atoms with Crippen LogP contribution in [-0.2, 0) is 4.79 Å². The number of carbonyl (C=O) groups is 1. The van der Waals surface area contributed by atoms with E-state index in [9.17, 15) is 9.90 Å². The van der Waals surface area contributed by atoms with Crippen LogP contribution in [0, 0.1) is 0 Å². The minimum absolute atomic E-state index is 0. The Bertz CT molecular complexity index is 87.0. The Hall–Kier alpha value is -0.280. The van der Waals surface area contributed by atoms with Crippen LogP contribution in [0.1, 0.15) is 13.8 Å². The lowest BCUT2D eigenvalue weighted by atomic mass is 10.3. The van der Waals surface area contributed by atoms with Crippen LogP contribution in [0.3, 0.4) is 0 Å². The van der Waals surface area contributed by atoms with Gasteiger partial charge in [0.2, 0.25) is 0 Å². The average molecular weight is 153 g/mol. The third-order valence-corrected chi connectivity index (χ3v) is 0.864. The predicted molar refractivity (Wildman–Crippen MR) is 35.4 cm³/mol. The fraction of sp³-hybridized carbons (Fsp3) is 0.800. The third-order valence-electron chi connectivity index (χ3n) is 0.864. The van der Waals surface area contributed by atoms with Gasteiger partial charge in [0, 0.05) is 6.04 Å². The molecular formula is C5H11ClNO2-. The Labute approximate surface area is 60.9 Å². The first-order chi connectivity index (χ1) is 3.68. The molecule has 0 spiro atoms. The molecule has 0 bridgehead atoms. The summed E-state index contributed by atoms with van der Waals surface area (Å²) in [7, 11) is 0. The highest BCUT2D eigenvalue weighted by atomic mass is 35.5. The van der Waals surface area contributed by atoms with E-state index in [0.29, 0.717) is 6.54 Å². The van der Waals surface area contributed by atoms with Crippen molar-refractivity contribution in [2.24, 2.45) is 0 Å². The molecule has 0 saturated carbocycles. The molecule has 1 atom stereocenters. The van der Waals surface area contributed by atoms with Crippen molar-refractivity contribution >= 4 is 18.4 Å². The van der Waals surface area contributed by atoms with E-state index in [4.69, 9.17) is 0 Å². The Morgan fingerprint density at radius 1 is 1.78 bits per heavy atom. The summed E-state index contributed by atoms with van der Waals surface area (Å²) in [4.78, 5) is 9.92. The van der Waals surface area contributed by atoms with Gasteiger partial charge in [0.1, 0.15) is 0 Å². The fourth-order valence-corrected chi connectivity index (χ4v) is 0.390. The molecule has 1 unspecified atom stereocenters. The lowest BCUT2D eigenvalue weighted by Crippen LogP contribution is -2.43. The molecule has 0 aromatic carbocycles. The van der Waals surface area contributed by atoms with Gasteiger partial charge in [-0.3, -0.25) is 0 Å². The topological polar surface area (TPSA) is 52.2 Å². The summed E-state index contributed by atoms with van der Waals surface area (Å²) in [6.07, 6.45) is 0. The van der Waals surface area contributed by atoms with Crippen LogP contribution in [0.5, 0.6) is 0 Å². The van der Waals surface area contributed by atoms with Crippen LogP contribution in [0.25, 0.3) is 0 Å². The normalized spacial score (nSPS) is 11.8. The highest BCUT2D eigenvalue weighted by molar-refractivity contribution is 5.85. The minimum Gasteiger partial charge on any atom is -0.548 e. The molecule has 0 aliphatic rings. The van der Waals surface area contributed by atoms with Crippen molar-refractivity contribution in [3.8, 4) is 0 Å². The quantitative estimate of drug-likeness (QED) is 0.574. The minimum atomic E-state index is -1.05. The molecule has 0 saturated heterocycles. The van der Waals surface area contributed by atoms with E-state index >= 15 is 0 Å². The molecule has 0 rings (SSSR count). The van der Waals surface area contributed by atoms with Crippen molar-refractivity contribution in [2.45, 2.75) is 19.9 Å². The molecule has 4 heteroatoms. The van der Waals surface area contributed by atoms with Crippen LogP contribution in [-0.4, -0.2) is 18.6 Å². The van der Waals surface area contributed by atoms with Gasteiger partial charge >= 0.3 is 0 Å². The van der Waals surface area contributed by atoms with Gasteiger partial charge in [-0.1, -0.05) is 6.92 Å². The summed E-state index contributed by atoms with van der Waals surface area (Å²) in [5.74, 6) is -1.05. The zero-order chi connectivity index (χ0) is 6.57. The van der Waals surface area contributed by atoms with Gasteiger partial charge in [-0.25, -0.2) is 0 Å². The molecule has 0 fully saturated rings. The maximum atomic E-state index is 9.92. The van der Waals surface area contributed by atoms with Gasteiger partial charge in [-0.05, 0) is 13.5 Å². The molecule has 3 nitrogen and oxygen atoms in total. The van der Waals surface area contributed by atoms with Gasteiger partial charge in [0.05, 0.1) is 5.97 Å². The molecular weight excluding hydrogens is 142 g/mol. The van der Waals surface area contributed by atoms with Crippen molar-refractivity contribution < 1.29 is 9.90 Å². The van der Waals surface area contributed by atoms with E-state index in [1.807, 2.05) is 6.92 Å². The summed E-state index contributed by atoms with van der Waals surface area (Å²) < 4.78 is 0. The third kappa shape index (κ3) is 5.59. The average Bonchev–Trinajstić information content (AvgIpc) is 1.67. The van der Waals surface area contributed by atoms with Gasteiger partial charge in [-0.2, -0.15) is 0 Å². The Morgan fingerprint density at radius 2 is 2.22 bits per heavy atom. The van der Waals surface area contributed by atoms with E-state index < -0.39 is 12.0 Å². The Balaban J connectivity index is 0. The SMILES string of the molecule is CCNC(C)C(=O)[O-].Cl. The molecule has 0 heterocycles. The van der Waals surface area contributed by atoms with E-state index in [0.717, 1.165) is 0 Å². The largest absolute Gasteiger partial charge is 0.548 e. The second kappa shape index (κ2) is 5.85. The molecule has 0 aliphatic heterocycles. The summed E-state index contributed by atoms with van der Waals surface area (Å²) in [6, 6.07) is -0.528. The van der Waals surface area contributed by atoms with Crippen LogP contribution < -0.4 is 10.4 Å². The van der Waals surface area contributed by atoms with E-state index in [2.05, 4.69) is 5.32 Å².